The summed E-state index contributed by atoms with van der Waals surface area (Å²) in [6.45, 7) is 5.39. The average Bonchev–Trinajstić information content (AvgIpc) is 2.64. The molecule has 1 aromatic rings. The van der Waals surface area contributed by atoms with E-state index in [2.05, 4.69) is 5.32 Å². The topological polar surface area (TPSA) is 55.4 Å². The number of fused-ring (bicyclic) bond motifs is 1. The van der Waals surface area contributed by atoms with E-state index in [1.165, 1.54) is 0 Å². The minimum atomic E-state index is -0.869. The molecule has 102 valence electrons. The summed E-state index contributed by atoms with van der Waals surface area (Å²) < 4.78 is 5.22. The van der Waals surface area contributed by atoms with Crippen molar-refractivity contribution in [3.8, 4) is 0 Å². The fourth-order valence-corrected chi connectivity index (χ4v) is 2.35. The molecule has 19 heavy (non-hydrogen) atoms. The SMILES string of the molecule is CC(C)(C)OC(=O)NC1(C=O)Cc2ccccc2C1. The van der Waals surface area contributed by atoms with Gasteiger partial charge >= 0.3 is 6.09 Å². The Morgan fingerprint density at radius 1 is 1.26 bits per heavy atom. The molecule has 0 fully saturated rings. The Labute approximate surface area is 113 Å². The van der Waals surface area contributed by atoms with E-state index in [1.54, 1.807) is 20.8 Å². The molecule has 1 aromatic carbocycles. The maximum absolute atomic E-state index is 11.8. The second kappa shape index (κ2) is 4.68. The Morgan fingerprint density at radius 3 is 2.21 bits per heavy atom. The summed E-state index contributed by atoms with van der Waals surface area (Å²) in [7, 11) is 0. The predicted molar refractivity (Wildman–Crippen MR) is 72.0 cm³/mol. The third-order valence-corrected chi connectivity index (χ3v) is 3.11. The van der Waals surface area contributed by atoms with Gasteiger partial charge in [-0.3, -0.25) is 0 Å². The minimum absolute atomic E-state index is 0.520. The fraction of sp³-hybridized carbons (Fsp3) is 0.467. The van der Waals surface area contributed by atoms with Crippen molar-refractivity contribution < 1.29 is 14.3 Å². The molecule has 1 N–H and O–H groups in total. The van der Waals surface area contributed by atoms with Gasteiger partial charge in [0.05, 0.1) is 0 Å². The van der Waals surface area contributed by atoms with Crippen LogP contribution < -0.4 is 5.32 Å². The van der Waals surface area contributed by atoms with E-state index >= 15 is 0 Å². The lowest BCUT2D eigenvalue weighted by Gasteiger charge is -2.27. The molecule has 0 saturated heterocycles. The minimum Gasteiger partial charge on any atom is -0.444 e. The molecule has 0 unspecified atom stereocenters. The number of rotatable bonds is 2. The monoisotopic (exact) mass is 261 g/mol. The Morgan fingerprint density at radius 2 is 1.79 bits per heavy atom. The van der Waals surface area contributed by atoms with E-state index in [9.17, 15) is 9.59 Å². The van der Waals surface area contributed by atoms with Gasteiger partial charge in [-0.25, -0.2) is 4.79 Å². The quantitative estimate of drug-likeness (QED) is 0.831. The van der Waals surface area contributed by atoms with E-state index in [-0.39, 0.29) is 0 Å². The van der Waals surface area contributed by atoms with Crippen molar-refractivity contribution in [1.29, 1.82) is 0 Å². The molecule has 4 heteroatoms. The number of carbonyl (C=O) groups is 2. The molecular weight excluding hydrogens is 242 g/mol. The maximum Gasteiger partial charge on any atom is 0.408 e. The molecule has 0 aliphatic heterocycles. The number of hydrogen-bond acceptors (Lipinski definition) is 3. The van der Waals surface area contributed by atoms with Gasteiger partial charge in [0.15, 0.2) is 0 Å². The number of hydrogen-bond donors (Lipinski definition) is 1. The van der Waals surface area contributed by atoms with Crippen LogP contribution in [-0.2, 0) is 22.4 Å². The van der Waals surface area contributed by atoms with Crippen LogP contribution in [0, 0.1) is 0 Å². The summed E-state index contributed by atoms with van der Waals surface area (Å²) in [5.74, 6) is 0. The van der Waals surface area contributed by atoms with Crippen LogP contribution in [0.15, 0.2) is 24.3 Å². The highest BCUT2D eigenvalue weighted by molar-refractivity contribution is 5.78. The highest BCUT2D eigenvalue weighted by Crippen LogP contribution is 2.29. The predicted octanol–water partition coefficient (Wildman–Crippen LogP) is 2.25. The van der Waals surface area contributed by atoms with Crippen molar-refractivity contribution in [2.45, 2.75) is 44.8 Å². The van der Waals surface area contributed by atoms with Crippen LogP contribution in [-0.4, -0.2) is 23.5 Å². The highest BCUT2D eigenvalue weighted by atomic mass is 16.6. The molecular formula is C15H19NO3. The van der Waals surface area contributed by atoms with Crippen LogP contribution in [0.4, 0.5) is 4.79 Å². The number of aldehydes is 1. The van der Waals surface area contributed by atoms with Gasteiger partial charge in [0.2, 0.25) is 0 Å². The summed E-state index contributed by atoms with van der Waals surface area (Å²) in [6.07, 6.45) is 1.31. The Kier molecular flexibility index (Phi) is 3.35. The first-order chi connectivity index (χ1) is 8.84. The molecule has 1 amide bonds. The lowest BCUT2D eigenvalue weighted by Crippen LogP contribution is -2.52. The first-order valence-corrected chi connectivity index (χ1v) is 6.38. The van der Waals surface area contributed by atoms with Crippen LogP contribution in [0.3, 0.4) is 0 Å². The van der Waals surface area contributed by atoms with E-state index < -0.39 is 17.2 Å². The lowest BCUT2D eigenvalue weighted by molar-refractivity contribution is -0.113. The number of ether oxygens (including phenoxy) is 1. The van der Waals surface area contributed by atoms with Gasteiger partial charge in [-0.1, -0.05) is 24.3 Å². The van der Waals surface area contributed by atoms with Crippen molar-refractivity contribution in [1.82, 2.24) is 5.32 Å². The van der Waals surface area contributed by atoms with E-state index in [0.29, 0.717) is 12.8 Å². The standard InChI is InChI=1S/C15H19NO3/c1-14(2,3)19-13(18)16-15(10-17)8-11-6-4-5-7-12(11)9-15/h4-7,10H,8-9H2,1-3H3,(H,16,18). The van der Waals surface area contributed by atoms with Gasteiger partial charge in [-0.05, 0) is 31.9 Å². The summed E-state index contributed by atoms with van der Waals surface area (Å²) in [4.78, 5) is 23.3. The van der Waals surface area contributed by atoms with Gasteiger partial charge in [0, 0.05) is 12.8 Å². The number of alkyl carbamates (subject to hydrolysis) is 1. The molecule has 0 spiro atoms. The second-order valence-corrected chi connectivity index (χ2v) is 6.02. The van der Waals surface area contributed by atoms with Crippen molar-refractivity contribution in [2.24, 2.45) is 0 Å². The summed E-state index contributed by atoms with van der Waals surface area (Å²) in [5, 5.41) is 2.72. The smallest absolute Gasteiger partial charge is 0.408 e. The lowest BCUT2D eigenvalue weighted by atomic mass is 9.98. The Bertz CT molecular complexity index is 477. The normalized spacial score (nSPS) is 16.6. The van der Waals surface area contributed by atoms with Crippen LogP contribution in [0.1, 0.15) is 31.9 Å². The average molecular weight is 261 g/mol. The van der Waals surface area contributed by atoms with Gasteiger partial charge in [-0.2, -0.15) is 0 Å². The number of amides is 1. The first-order valence-electron chi connectivity index (χ1n) is 6.38. The molecule has 0 radical (unpaired) electrons. The number of benzene rings is 1. The Hall–Kier alpha value is -1.84. The van der Waals surface area contributed by atoms with Crippen LogP contribution >= 0.6 is 0 Å². The van der Waals surface area contributed by atoms with Crippen LogP contribution in [0.2, 0.25) is 0 Å². The zero-order chi connectivity index (χ0) is 14.1. The molecule has 1 aliphatic rings. The van der Waals surface area contributed by atoms with Crippen molar-refractivity contribution in [3.63, 3.8) is 0 Å². The van der Waals surface area contributed by atoms with Gasteiger partial charge in [-0.15, -0.1) is 0 Å². The molecule has 0 saturated carbocycles. The Balaban J connectivity index is 2.11. The van der Waals surface area contributed by atoms with Gasteiger partial charge in [0.25, 0.3) is 0 Å². The zero-order valence-electron chi connectivity index (χ0n) is 11.5. The van der Waals surface area contributed by atoms with Gasteiger partial charge in [0.1, 0.15) is 17.4 Å². The van der Waals surface area contributed by atoms with Crippen molar-refractivity contribution in [3.05, 3.63) is 35.4 Å². The fourth-order valence-electron chi connectivity index (χ4n) is 2.35. The number of carbonyl (C=O) groups excluding carboxylic acids is 2. The zero-order valence-corrected chi connectivity index (χ0v) is 11.5. The molecule has 4 nitrogen and oxygen atoms in total. The molecule has 1 aliphatic carbocycles. The highest BCUT2D eigenvalue weighted by Gasteiger charge is 2.39. The van der Waals surface area contributed by atoms with Crippen molar-refractivity contribution in [2.75, 3.05) is 0 Å². The third-order valence-electron chi connectivity index (χ3n) is 3.11. The van der Waals surface area contributed by atoms with Crippen LogP contribution in [0.5, 0.6) is 0 Å². The largest absolute Gasteiger partial charge is 0.444 e. The van der Waals surface area contributed by atoms with Crippen LogP contribution in [0.25, 0.3) is 0 Å². The second-order valence-electron chi connectivity index (χ2n) is 6.02. The summed E-state index contributed by atoms with van der Waals surface area (Å²) in [6, 6.07) is 7.84. The van der Waals surface area contributed by atoms with E-state index in [4.69, 9.17) is 4.74 Å². The molecule has 0 heterocycles. The third kappa shape index (κ3) is 3.13. The molecule has 0 bridgehead atoms. The molecule has 0 aromatic heterocycles. The molecule has 2 rings (SSSR count). The maximum atomic E-state index is 11.8. The van der Waals surface area contributed by atoms with Crippen molar-refractivity contribution >= 4 is 12.4 Å². The summed E-state index contributed by atoms with van der Waals surface area (Å²) >= 11 is 0. The summed E-state index contributed by atoms with van der Waals surface area (Å²) in [5.41, 5.74) is 0.766. The molecule has 0 atom stereocenters. The first kappa shape index (κ1) is 13.6. The van der Waals surface area contributed by atoms with E-state index in [0.717, 1.165) is 17.4 Å². The van der Waals surface area contributed by atoms with Gasteiger partial charge < -0.3 is 14.8 Å². The number of nitrogens with one attached hydrogen (secondary N) is 1. The van der Waals surface area contributed by atoms with E-state index in [1.807, 2.05) is 24.3 Å².